The summed E-state index contributed by atoms with van der Waals surface area (Å²) in [6.07, 6.45) is 5.01. The third-order valence-corrected chi connectivity index (χ3v) is 5.58. The summed E-state index contributed by atoms with van der Waals surface area (Å²) in [7, 11) is 0. The van der Waals surface area contributed by atoms with Crippen molar-refractivity contribution in [1.82, 2.24) is 5.32 Å². The van der Waals surface area contributed by atoms with Gasteiger partial charge in [-0.25, -0.2) is 0 Å². The molecule has 0 spiro atoms. The van der Waals surface area contributed by atoms with E-state index in [1.807, 2.05) is 24.3 Å². The highest BCUT2D eigenvalue weighted by atomic mass is 35.5. The molecule has 1 fully saturated rings. The monoisotopic (exact) mass is 399 g/mol. The SMILES string of the molecule is O=C(C=Cc1ccc(Cl)cc1)NCC1(c2ccc3c(c2)OCO3)CCOCC1. The van der Waals surface area contributed by atoms with Gasteiger partial charge in [0.05, 0.1) is 0 Å². The van der Waals surface area contributed by atoms with Crippen LogP contribution in [0.3, 0.4) is 0 Å². The van der Waals surface area contributed by atoms with E-state index in [4.69, 9.17) is 25.8 Å². The van der Waals surface area contributed by atoms with Crippen molar-refractivity contribution in [1.29, 1.82) is 0 Å². The lowest BCUT2D eigenvalue weighted by Gasteiger charge is -2.38. The minimum Gasteiger partial charge on any atom is -0.454 e. The number of rotatable bonds is 5. The maximum Gasteiger partial charge on any atom is 0.244 e. The van der Waals surface area contributed by atoms with Gasteiger partial charge < -0.3 is 19.5 Å². The maximum atomic E-state index is 12.4. The molecule has 2 aliphatic rings. The molecule has 0 aromatic heterocycles. The molecule has 2 aromatic rings. The van der Waals surface area contributed by atoms with Gasteiger partial charge in [0, 0.05) is 36.3 Å². The molecule has 6 heteroatoms. The number of hydrogen-bond donors (Lipinski definition) is 1. The van der Waals surface area contributed by atoms with E-state index >= 15 is 0 Å². The summed E-state index contributed by atoms with van der Waals surface area (Å²) in [6, 6.07) is 13.4. The van der Waals surface area contributed by atoms with Gasteiger partial charge in [0.1, 0.15) is 0 Å². The third kappa shape index (κ3) is 4.16. The van der Waals surface area contributed by atoms with Crippen molar-refractivity contribution >= 4 is 23.6 Å². The second-order valence-electron chi connectivity index (χ2n) is 7.06. The Morgan fingerprint density at radius 1 is 1.07 bits per heavy atom. The Morgan fingerprint density at radius 3 is 2.61 bits per heavy atom. The molecule has 0 bridgehead atoms. The molecule has 0 radical (unpaired) electrons. The van der Waals surface area contributed by atoms with Crippen molar-refractivity contribution in [2.45, 2.75) is 18.3 Å². The lowest BCUT2D eigenvalue weighted by atomic mass is 9.74. The van der Waals surface area contributed by atoms with E-state index in [1.54, 1.807) is 24.3 Å². The number of nitrogens with one attached hydrogen (secondary N) is 1. The Bertz CT molecular complexity index is 873. The molecule has 0 unspecified atom stereocenters. The quantitative estimate of drug-likeness (QED) is 0.773. The van der Waals surface area contributed by atoms with Crippen LogP contribution in [0.2, 0.25) is 5.02 Å². The van der Waals surface area contributed by atoms with Crippen LogP contribution in [0.4, 0.5) is 0 Å². The summed E-state index contributed by atoms with van der Waals surface area (Å²) in [5.41, 5.74) is 1.89. The molecular weight excluding hydrogens is 378 g/mol. The molecule has 1 saturated heterocycles. The fourth-order valence-corrected chi connectivity index (χ4v) is 3.74. The first-order valence-corrected chi connectivity index (χ1v) is 9.72. The summed E-state index contributed by atoms with van der Waals surface area (Å²) >= 11 is 5.89. The number of amides is 1. The van der Waals surface area contributed by atoms with Crippen LogP contribution in [-0.4, -0.2) is 32.5 Å². The Labute approximate surface area is 169 Å². The van der Waals surface area contributed by atoms with Gasteiger partial charge in [-0.3, -0.25) is 4.79 Å². The zero-order chi connectivity index (χ0) is 19.4. The van der Waals surface area contributed by atoms with Gasteiger partial charge in [-0.05, 0) is 54.3 Å². The van der Waals surface area contributed by atoms with Gasteiger partial charge in [0.25, 0.3) is 0 Å². The van der Waals surface area contributed by atoms with E-state index in [-0.39, 0.29) is 18.1 Å². The van der Waals surface area contributed by atoms with Crippen molar-refractivity contribution in [2.24, 2.45) is 0 Å². The molecule has 1 amide bonds. The van der Waals surface area contributed by atoms with Crippen LogP contribution in [0.1, 0.15) is 24.0 Å². The highest BCUT2D eigenvalue weighted by molar-refractivity contribution is 6.30. The third-order valence-electron chi connectivity index (χ3n) is 5.33. The van der Waals surface area contributed by atoms with Crippen molar-refractivity contribution < 1.29 is 19.0 Å². The fourth-order valence-electron chi connectivity index (χ4n) is 3.62. The first-order chi connectivity index (χ1) is 13.6. The van der Waals surface area contributed by atoms with Crippen molar-refractivity contribution in [3.8, 4) is 11.5 Å². The second-order valence-corrected chi connectivity index (χ2v) is 7.50. The molecule has 2 aromatic carbocycles. The smallest absolute Gasteiger partial charge is 0.244 e. The second kappa shape index (κ2) is 8.25. The summed E-state index contributed by atoms with van der Waals surface area (Å²) in [6.45, 7) is 2.14. The predicted octanol–water partition coefficient (Wildman–Crippen LogP) is 3.95. The van der Waals surface area contributed by atoms with Gasteiger partial charge in [0.15, 0.2) is 11.5 Å². The number of hydrogen-bond acceptors (Lipinski definition) is 4. The zero-order valence-corrected chi connectivity index (χ0v) is 16.2. The summed E-state index contributed by atoms with van der Waals surface area (Å²) < 4.78 is 16.5. The molecule has 5 nitrogen and oxygen atoms in total. The van der Waals surface area contributed by atoms with E-state index in [2.05, 4.69) is 11.4 Å². The van der Waals surface area contributed by atoms with Gasteiger partial charge in [-0.1, -0.05) is 29.8 Å². The van der Waals surface area contributed by atoms with Crippen LogP contribution >= 0.6 is 11.6 Å². The first kappa shape index (κ1) is 18.8. The Morgan fingerprint density at radius 2 is 1.82 bits per heavy atom. The largest absolute Gasteiger partial charge is 0.454 e. The molecule has 1 N–H and O–H groups in total. The summed E-state index contributed by atoms with van der Waals surface area (Å²) in [5, 5.41) is 3.73. The van der Waals surface area contributed by atoms with Crippen molar-refractivity contribution in [2.75, 3.05) is 26.6 Å². The molecule has 28 heavy (non-hydrogen) atoms. The highest BCUT2D eigenvalue weighted by Gasteiger charge is 2.35. The number of fused-ring (bicyclic) bond motifs is 1. The van der Waals surface area contributed by atoms with Crippen molar-refractivity contribution in [3.05, 3.63) is 64.7 Å². The molecule has 146 valence electrons. The molecule has 2 aliphatic heterocycles. The van der Waals surface area contributed by atoms with Gasteiger partial charge in [0.2, 0.25) is 12.7 Å². The molecule has 0 aliphatic carbocycles. The Hall–Kier alpha value is -2.50. The minimum absolute atomic E-state index is 0.124. The number of ether oxygens (including phenoxy) is 3. The van der Waals surface area contributed by atoms with Crippen LogP contribution in [0.15, 0.2) is 48.5 Å². The lowest BCUT2D eigenvalue weighted by Crippen LogP contribution is -2.44. The number of carbonyl (C=O) groups excluding carboxylic acids is 1. The van der Waals surface area contributed by atoms with E-state index < -0.39 is 0 Å². The Kier molecular flexibility index (Phi) is 5.55. The van der Waals surface area contributed by atoms with Crippen molar-refractivity contribution in [3.63, 3.8) is 0 Å². The highest BCUT2D eigenvalue weighted by Crippen LogP contribution is 2.40. The lowest BCUT2D eigenvalue weighted by molar-refractivity contribution is -0.116. The van der Waals surface area contributed by atoms with Crippen LogP contribution in [0.25, 0.3) is 6.08 Å². The summed E-state index contributed by atoms with van der Waals surface area (Å²) in [5.74, 6) is 1.40. The van der Waals surface area contributed by atoms with E-state index in [0.29, 0.717) is 24.8 Å². The maximum absolute atomic E-state index is 12.4. The molecule has 0 atom stereocenters. The van der Waals surface area contributed by atoms with E-state index in [0.717, 1.165) is 35.5 Å². The van der Waals surface area contributed by atoms with E-state index in [1.165, 1.54) is 0 Å². The molecule has 0 saturated carbocycles. The van der Waals surface area contributed by atoms with E-state index in [9.17, 15) is 4.79 Å². The Balaban J connectivity index is 1.46. The van der Waals surface area contributed by atoms with Crippen LogP contribution in [0.5, 0.6) is 11.5 Å². The van der Waals surface area contributed by atoms with Gasteiger partial charge in [-0.15, -0.1) is 0 Å². The number of halogens is 1. The molecular formula is C22H22ClNO4. The summed E-state index contributed by atoms with van der Waals surface area (Å²) in [4.78, 5) is 12.4. The normalized spacial score (nSPS) is 17.6. The average Bonchev–Trinajstić information content (AvgIpc) is 3.20. The van der Waals surface area contributed by atoms with Crippen LogP contribution in [-0.2, 0) is 14.9 Å². The standard InChI is InChI=1S/C22H22ClNO4/c23-18-5-1-16(2-6-18)3-8-21(25)24-14-22(9-11-26-12-10-22)17-4-7-19-20(13-17)28-15-27-19/h1-8,13H,9-12,14-15H2,(H,24,25). The minimum atomic E-state index is -0.178. The van der Waals surface area contributed by atoms with Gasteiger partial charge in [-0.2, -0.15) is 0 Å². The van der Waals surface area contributed by atoms with Crippen LogP contribution in [0, 0.1) is 0 Å². The van der Waals surface area contributed by atoms with Gasteiger partial charge >= 0.3 is 0 Å². The zero-order valence-electron chi connectivity index (χ0n) is 15.4. The number of benzene rings is 2. The predicted molar refractivity (Wildman–Crippen MR) is 108 cm³/mol. The molecule has 2 heterocycles. The number of carbonyl (C=O) groups is 1. The first-order valence-electron chi connectivity index (χ1n) is 9.34. The average molecular weight is 400 g/mol. The van der Waals surface area contributed by atoms with Crippen LogP contribution < -0.4 is 14.8 Å². The fraction of sp³-hybridized carbons (Fsp3) is 0.318. The molecule has 4 rings (SSSR count). The topological polar surface area (TPSA) is 56.8 Å².